The van der Waals surface area contributed by atoms with Crippen molar-refractivity contribution in [2.24, 2.45) is 0 Å². The lowest BCUT2D eigenvalue weighted by Gasteiger charge is -2.37. The monoisotopic (exact) mass is 436 g/mol. The van der Waals surface area contributed by atoms with Crippen LogP contribution in [-0.2, 0) is 41.3 Å². The molecule has 6 nitrogen and oxygen atoms in total. The molecule has 0 saturated carbocycles. The fraction of sp³-hybridized carbons (Fsp3) is 0.739. The van der Waals surface area contributed by atoms with Gasteiger partial charge in [0.15, 0.2) is 14.1 Å². The molecule has 0 radical (unpaired) electrons. The number of hydrogen-bond acceptors (Lipinski definition) is 6. The molecule has 1 spiro atoms. The van der Waals surface area contributed by atoms with Crippen LogP contribution in [0.25, 0.3) is 0 Å². The summed E-state index contributed by atoms with van der Waals surface area (Å²) in [5, 5.41) is 0.120. The lowest BCUT2D eigenvalue weighted by Crippen LogP contribution is -2.49. The molecule has 168 valence electrons. The van der Waals surface area contributed by atoms with E-state index in [4.69, 9.17) is 28.1 Å². The molecular formula is C23H36O6Si. The minimum Gasteiger partial charge on any atom is -0.414 e. The zero-order chi connectivity index (χ0) is 21.8. The van der Waals surface area contributed by atoms with E-state index >= 15 is 0 Å². The SMILES string of the molecule is CC1(C)OC[C@]2(O[C@H](CO[Si](C)(C)C(C)(C)C)[C@H]3OCc4ccccc4CO[C@@H]32)O1. The summed E-state index contributed by atoms with van der Waals surface area (Å²) < 4.78 is 38.0. The molecule has 2 saturated heterocycles. The first kappa shape index (κ1) is 22.4. The molecule has 0 amide bonds. The minimum absolute atomic E-state index is 0.120. The molecule has 3 heterocycles. The van der Waals surface area contributed by atoms with Gasteiger partial charge in [-0.15, -0.1) is 0 Å². The Kier molecular flexibility index (Phi) is 5.71. The first-order valence-corrected chi connectivity index (χ1v) is 13.8. The molecule has 1 aromatic carbocycles. The lowest BCUT2D eigenvalue weighted by atomic mass is 10.0. The second-order valence-electron chi connectivity index (χ2n) is 10.6. The fourth-order valence-electron chi connectivity index (χ4n) is 4.04. The molecule has 0 unspecified atom stereocenters. The molecule has 1 aromatic rings. The maximum absolute atomic E-state index is 6.51. The van der Waals surface area contributed by atoms with Gasteiger partial charge in [-0.1, -0.05) is 45.0 Å². The minimum atomic E-state index is -1.94. The van der Waals surface area contributed by atoms with Crippen molar-refractivity contribution < 1.29 is 28.1 Å². The van der Waals surface area contributed by atoms with Gasteiger partial charge in [0, 0.05) is 0 Å². The van der Waals surface area contributed by atoms with E-state index in [0.29, 0.717) is 26.4 Å². The Bertz CT molecular complexity index is 773. The first-order valence-electron chi connectivity index (χ1n) is 10.9. The summed E-state index contributed by atoms with van der Waals surface area (Å²) in [7, 11) is -1.94. The van der Waals surface area contributed by atoms with Crippen LogP contribution in [0.2, 0.25) is 18.1 Å². The van der Waals surface area contributed by atoms with E-state index in [1.807, 2.05) is 26.0 Å². The van der Waals surface area contributed by atoms with Gasteiger partial charge in [-0.2, -0.15) is 0 Å². The second kappa shape index (κ2) is 7.66. The van der Waals surface area contributed by atoms with E-state index < -0.39 is 19.9 Å². The van der Waals surface area contributed by atoms with Gasteiger partial charge in [0.2, 0.25) is 5.79 Å². The summed E-state index contributed by atoms with van der Waals surface area (Å²) in [5.74, 6) is -1.72. The molecule has 0 aromatic heterocycles. The van der Waals surface area contributed by atoms with E-state index in [9.17, 15) is 0 Å². The Labute approximate surface area is 181 Å². The van der Waals surface area contributed by atoms with E-state index in [1.54, 1.807) is 0 Å². The summed E-state index contributed by atoms with van der Waals surface area (Å²) in [6.45, 7) is 16.8. The van der Waals surface area contributed by atoms with Gasteiger partial charge in [-0.25, -0.2) is 0 Å². The highest BCUT2D eigenvalue weighted by Crippen LogP contribution is 2.46. The number of benzene rings is 1. The Morgan fingerprint density at radius 3 is 2.27 bits per heavy atom. The maximum atomic E-state index is 6.51. The molecular weight excluding hydrogens is 400 g/mol. The van der Waals surface area contributed by atoms with Crippen molar-refractivity contribution in [3.8, 4) is 0 Å². The highest BCUT2D eigenvalue weighted by molar-refractivity contribution is 6.74. The molecule has 0 aliphatic carbocycles. The molecule has 7 heteroatoms. The molecule has 30 heavy (non-hydrogen) atoms. The lowest BCUT2D eigenvalue weighted by molar-refractivity contribution is -0.277. The number of hydrogen-bond donors (Lipinski definition) is 0. The second-order valence-corrected chi connectivity index (χ2v) is 15.4. The predicted octanol–water partition coefficient (Wildman–Crippen LogP) is 4.37. The first-order chi connectivity index (χ1) is 13.9. The average molecular weight is 437 g/mol. The maximum Gasteiger partial charge on any atom is 0.224 e. The van der Waals surface area contributed by atoms with Crippen LogP contribution in [0.5, 0.6) is 0 Å². The Morgan fingerprint density at radius 2 is 1.70 bits per heavy atom. The molecule has 0 bridgehead atoms. The van der Waals surface area contributed by atoms with Crippen molar-refractivity contribution in [1.29, 1.82) is 0 Å². The summed E-state index contributed by atoms with van der Waals surface area (Å²) in [4.78, 5) is 0. The number of ether oxygens (including phenoxy) is 5. The quantitative estimate of drug-likeness (QED) is 0.656. The standard InChI is InChI=1S/C23H36O6Si/c1-21(2,3)30(6,7)27-14-18-19-20(23(28-18)15-26-22(4,5)29-23)25-13-17-11-9-8-10-16(17)12-24-19/h8-11,18-20H,12-15H2,1-7H3/t18-,19-,20+,23+/m1/s1. The van der Waals surface area contributed by atoms with E-state index in [-0.39, 0.29) is 23.4 Å². The van der Waals surface area contributed by atoms with Crippen LogP contribution in [0.15, 0.2) is 24.3 Å². The van der Waals surface area contributed by atoms with Crippen LogP contribution in [0.3, 0.4) is 0 Å². The van der Waals surface area contributed by atoms with Crippen LogP contribution in [0.4, 0.5) is 0 Å². The van der Waals surface area contributed by atoms with E-state index in [0.717, 1.165) is 11.1 Å². The Balaban J connectivity index is 1.59. The van der Waals surface area contributed by atoms with E-state index in [1.165, 1.54) is 0 Å². The summed E-state index contributed by atoms with van der Waals surface area (Å²) in [5.41, 5.74) is 2.27. The van der Waals surface area contributed by atoms with Gasteiger partial charge in [-0.05, 0) is 43.1 Å². The van der Waals surface area contributed by atoms with Gasteiger partial charge < -0.3 is 28.1 Å². The average Bonchev–Trinajstić information content (AvgIpc) is 3.09. The molecule has 4 atom stereocenters. The Morgan fingerprint density at radius 1 is 1.07 bits per heavy atom. The summed E-state index contributed by atoms with van der Waals surface area (Å²) in [6.07, 6.45) is -0.965. The third-order valence-electron chi connectivity index (χ3n) is 6.87. The van der Waals surface area contributed by atoms with Gasteiger partial charge >= 0.3 is 0 Å². The van der Waals surface area contributed by atoms with Crippen LogP contribution in [0.1, 0.15) is 45.7 Å². The van der Waals surface area contributed by atoms with Gasteiger partial charge in [0.1, 0.15) is 24.9 Å². The van der Waals surface area contributed by atoms with Crippen molar-refractivity contribution in [3.05, 3.63) is 35.4 Å². The normalized spacial score (nSPS) is 33.8. The molecule has 3 aliphatic rings. The van der Waals surface area contributed by atoms with Crippen molar-refractivity contribution in [2.45, 2.75) is 95.9 Å². The fourth-order valence-corrected chi connectivity index (χ4v) is 5.05. The summed E-state index contributed by atoms with van der Waals surface area (Å²) >= 11 is 0. The molecule has 4 rings (SSSR count). The van der Waals surface area contributed by atoms with Gasteiger partial charge in [-0.3, -0.25) is 0 Å². The van der Waals surface area contributed by atoms with Crippen molar-refractivity contribution in [3.63, 3.8) is 0 Å². The highest BCUT2D eigenvalue weighted by atomic mass is 28.4. The van der Waals surface area contributed by atoms with Crippen molar-refractivity contribution in [1.82, 2.24) is 0 Å². The molecule has 0 N–H and O–H groups in total. The van der Waals surface area contributed by atoms with Crippen LogP contribution in [-0.4, -0.2) is 51.4 Å². The molecule has 3 aliphatic heterocycles. The van der Waals surface area contributed by atoms with Crippen molar-refractivity contribution >= 4 is 8.32 Å². The highest BCUT2D eigenvalue weighted by Gasteiger charge is 2.63. The van der Waals surface area contributed by atoms with Crippen LogP contribution < -0.4 is 0 Å². The number of fused-ring (bicyclic) bond motifs is 3. The zero-order valence-electron chi connectivity index (χ0n) is 19.3. The predicted molar refractivity (Wildman–Crippen MR) is 115 cm³/mol. The largest absolute Gasteiger partial charge is 0.414 e. The van der Waals surface area contributed by atoms with E-state index in [2.05, 4.69) is 46.0 Å². The zero-order valence-corrected chi connectivity index (χ0v) is 20.3. The third-order valence-corrected chi connectivity index (χ3v) is 11.4. The van der Waals surface area contributed by atoms with Gasteiger partial charge in [0.05, 0.1) is 19.8 Å². The Hall–Kier alpha value is -0.803. The third kappa shape index (κ3) is 4.13. The number of rotatable bonds is 3. The van der Waals surface area contributed by atoms with Gasteiger partial charge in [0.25, 0.3) is 0 Å². The smallest absolute Gasteiger partial charge is 0.224 e. The van der Waals surface area contributed by atoms with Crippen LogP contribution >= 0.6 is 0 Å². The van der Waals surface area contributed by atoms with Crippen molar-refractivity contribution in [2.75, 3.05) is 13.2 Å². The van der Waals surface area contributed by atoms with Crippen LogP contribution in [0, 0.1) is 0 Å². The topological polar surface area (TPSA) is 55.4 Å². The molecule has 2 fully saturated rings. The summed E-state index contributed by atoms with van der Waals surface area (Å²) in [6, 6.07) is 8.22.